The van der Waals surface area contributed by atoms with Crippen LogP contribution in [0.25, 0.3) is 11.1 Å². The maximum atomic E-state index is 12.8. The van der Waals surface area contributed by atoms with Crippen LogP contribution in [-0.2, 0) is 0 Å². The summed E-state index contributed by atoms with van der Waals surface area (Å²) in [6, 6.07) is 1.86. The van der Waals surface area contributed by atoms with Gasteiger partial charge >= 0.3 is 0 Å². The first-order valence-corrected chi connectivity index (χ1v) is 8.20. The molecule has 2 aromatic heterocycles. The van der Waals surface area contributed by atoms with Crippen molar-refractivity contribution in [2.24, 2.45) is 5.92 Å². The summed E-state index contributed by atoms with van der Waals surface area (Å²) in [5.74, 6) is 0.528. The van der Waals surface area contributed by atoms with Crippen molar-refractivity contribution >= 4 is 17.0 Å². The van der Waals surface area contributed by atoms with E-state index in [9.17, 15) is 9.90 Å². The molecule has 1 aliphatic carbocycles. The first-order valence-electron chi connectivity index (χ1n) is 8.20. The topological polar surface area (TPSA) is 88.2 Å². The Morgan fingerprint density at radius 2 is 2.22 bits per heavy atom. The van der Waals surface area contributed by atoms with Crippen molar-refractivity contribution in [1.82, 2.24) is 15.5 Å². The number of pyridine rings is 1. The van der Waals surface area contributed by atoms with E-state index in [2.05, 4.69) is 15.5 Å². The van der Waals surface area contributed by atoms with Gasteiger partial charge in [-0.25, -0.2) is 4.98 Å². The van der Waals surface area contributed by atoms with E-state index in [1.807, 2.05) is 26.8 Å². The molecule has 6 heteroatoms. The summed E-state index contributed by atoms with van der Waals surface area (Å²) in [6.45, 7) is 5.94. The number of fused-ring (bicyclic) bond motifs is 1. The molecule has 2 heterocycles. The van der Waals surface area contributed by atoms with E-state index in [-0.39, 0.29) is 24.5 Å². The molecule has 2 aromatic rings. The van der Waals surface area contributed by atoms with Crippen molar-refractivity contribution in [1.29, 1.82) is 0 Å². The minimum atomic E-state index is -0.143. The van der Waals surface area contributed by atoms with E-state index >= 15 is 0 Å². The maximum absolute atomic E-state index is 12.8. The van der Waals surface area contributed by atoms with Gasteiger partial charge in [0.05, 0.1) is 16.6 Å². The fourth-order valence-corrected chi connectivity index (χ4v) is 2.90. The Balaban J connectivity index is 1.96. The molecule has 6 nitrogen and oxygen atoms in total. The molecule has 0 saturated heterocycles. The Kier molecular flexibility index (Phi) is 4.35. The summed E-state index contributed by atoms with van der Waals surface area (Å²) in [5, 5.41) is 16.9. The van der Waals surface area contributed by atoms with Crippen molar-refractivity contribution in [2.45, 2.75) is 52.0 Å². The van der Waals surface area contributed by atoms with Gasteiger partial charge in [-0.1, -0.05) is 19.0 Å². The highest BCUT2D eigenvalue weighted by atomic mass is 16.5. The molecular weight excluding hydrogens is 294 g/mol. The molecule has 23 heavy (non-hydrogen) atoms. The number of carbonyl (C=O) groups excluding carboxylic acids is 1. The van der Waals surface area contributed by atoms with E-state index < -0.39 is 0 Å². The van der Waals surface area contributed by atoms with Gasteiger partial charge in [-0.15, -0.1) is 0 Å². The van der Waals surface area contributed by atoms with E-state index in [0.717, 1.165) is 18.5 Å². The quantitative estimate of drug-likeness (QED) is 0.855. The van der Waals surface area contributed by atoms with Crippen LogP contribution in [0, 0.1) is 12.8 Å². The zero-order valence-electron chi connectivity index (χ0n) is 13.8. The van der Waals surface area contributed by atoms with E-state index in [1.165, 1.54) is 0 Å². The molecule has 0 spiro atoms. The second kappa shape index (κ2) is 6.28. The fourth-order valence-electron chi connectivity index (χ4n) is 2.90. The van der Waals surface area contributed by atoms with E-state index in [4.69, 9.17) is 4.52 Å². The highest BCUT2D eigenvalue weighted by Gasteiger charge is 2.32. The number of aliphatic hydroxyl groups excluding tert-OH is 1. The SMILES string of the molecule is Cc1noc2nc(C(C)C)cc(C(=O)NC(CCO)C3CC3)c12. The molecule has 2 N–H and O–H groups in total. The summed E-state index contributed by atoms with van der Waals surface area (Å²) >= 11 is 0. The average molecular weight is 317 g/mol. The number of aromatic nitrogens is 2. The van der Waals surface area contributed by atoms with Gasteiger partial charge in [-0.2, -0.15) is 0 Å². The van der Waals surface area contributed by atoms with Gasteiger partial charge in [0.15, 0.2) is 0 Å². The Morgan fingerprint density at radius 1 is 1.48 bits per heavy atom. The van der Waals surface area contributed by atoms with Crippen LogP contribution in [0.5, 0.6) is 0 Å². The molecule has 0 aliphatic heterocycles. The summed E-state index contributed by atoms with van der Waals surface area (Å²) in [7, 11) is 0. The number of nitrogens with zero attached hydrogens (tertiary/aromatic N) is 2. The van der Waals surface area contributed by atoms with Crippen LogP contribution in [-0.4, -0.2) is 33.8 Å². The van der Waals surface area contributed by atoms with Crippen molar-refractivity contribution in [2.75, 3.05) is 6.61 Å². The van der Waals surface area contributed by atoms with Gasteiger partial charge in [0.2, 0.25) is 0 Å². The van der Waals surface area contributed by atoms with Crippen molar-refractivity contribution in [3.63, 3.8) is 0 Å². The van der Waals surface area contributed by atoms with Gasteiger partial charge in [0.25, 0.3) is 11.6 Å². The number of aliphatic hydroxyl groups is 1. The van der Waals surface area contributed by atoms with Crippen LogP contribution in [0.15, 0.2) is 10.6 Å². The third-order valence-electron chi connectivity index (χ3n) is 4.42. The third-order valence-corrected chi connectivity index (χ3v) is 4.42. The number of amides is 1. The van der Waals surface area contributed by atoms with E-state index in [0.29, 0.717) is 34.7 Å². The average Bonchev–Trinajstić information content (AvgIpc) is 3.30. The predicted octanol–water partition coefficient (Wildman–Crippen LogP) is 2.55. The van der Waals surface area contributed by atoms with Crippen LogP contribution in [0.2, 0.25) is 0 Å². The van der Waals surface area contributed by atoms with Crippen LogP contribution < -0.4 is 5.32 Å². The zero-order chi connectivity index (χ0) is 16.6. The fraction of sp³-hybridized carbons (Fsp3) is 0.588. The largest absolute Gasteiger partial charge is 0.396 e. The van der Waals surface area contributed by atoms with Crippen molar-refractivity contribution < 1.29 is 14.4 Å². The second-order valence-electron chi connectivity index (χ2n) is 6.63. The lowest BCUT2D eigenvalue weighted by Crippen LogP contribution is -2.37. The molecular formula is C17H23N3O3. The van der Waals surface area contributed by atoms with Gasteiger partial charge in [-0.05, 0) is 44.1 Å². The Morgan fingerprint density at radius 3 is 2.83 bits per heavy atom. The number of rotatable bonds is 6. The number of hydrogen-bond donors (Lipinski definition) is 2. The minimum Gasteiger partial charge on any atom is -0.396 e. The first-order chi connectivity index (χ1) is 11.0. The second-order valence-corrected chi connectivity index (χ2v) is 6.63. The molecule has 0 aromatic carbocycles. The number of hydrogen-bond acceptors (Lipinski definition) is 5. The number of nitrogens with one attached hydrogen (secondary N) is 1. The molecule has 124 valence electrons. The first kappa shape index (κ1) is 15.9. The molecule has 1 unspecified atom stereocenters. The molecule has 1 amide bonds. The smallest absolute Gasteiger partial charge is 0.259 e. The van der Waals surface area contributed by atoms with Gasteiger partial charge < -0.3 is 14.9 Å². The monoisotopic (exact) mass is 317 g/mol. The maximum Gasteiger partial charge on any atom is 0.259 e. The summed E-state index contributed by atoms with van der Waals surface area (Å²) in [4.78, 5) is 17.3. The molecule has 1 atom stereocenters. The number of carbonyl (C=O) groups is 1. The van der Waals surface area contributed by atoms with Gasteiger partial charge in [-0.3, -0.25) is 4.79 Å². The Bertz CT molecular complexity index is 719. The lowest BCUT2D eigenvalue weighted by Gasteiger charge is -2.18. The lowest BCUT2D eigenvalue weighted by molar-refractivity contribution is 0.0925. The summed E-state index contributed by atoms with van der Waals surface area (Å²) in [6.07, 6.45) is 2.81. The predicted molar refractivity (Wildman–Crippen MR) is 86.3 cm³/mol. The van der Waals surface area contributed by atoms with Crippen molar-refractivity contribution in [3.05, 3.63) is 23.0 Å². The van der Waals surface area contributed by atoms with E-state index in [1.54, 1.807) is 0 Å². The lowest BCUT2D eigenvalue weighted by atomic mass is 10.0. The molecule has 3 rings (SSSR count). The highest BCUT2D eigenvalue weighted by Crippen LogP contribution is 2.34. The summed E-state index contributed by atoms with van der Waals surface area (Å²) in [5.41, 5.74) is 2.44. The molecule has 1 fully saturated rings. The molecule has 1 saturated carbocycles. The van der Waals surface area contributed by atoms with Crippen LogP contribution in [0.4, 0.5) is 0 Å². The summed E-state index contributed by atoms with van der Waals surface area (Å²) < 4.78 is 5.26. The standard InChI is InChI=1S/C17H23N3O3/c1-9(2)14-8-12(15-10(3)20-23-17(15)19-14)16(22)18-13(6-7-21)11-4-5-11/h8-9,11,13,21H,4-7H2,1-3H3,(H,18,22). The van der Waals surface area contributed by atoms with Crippen LogP contribution in [0.1, 0.15) is 60.8 Å². The van der Waals surface area contributed by atoms with Crippen molar-refractivity contribution in [3.8, 4) is 0 Å². The van der Waals surface area contributed by atoms with Crippen LogP contribution in [0.3, 0.4) is 0 Å². The van der Waals surface area contributed by atoms with Gasteiger partial charge in [0.1, 0.15) is 0 Å². The third kappa shape index (κ3) is 3.22. The Labute approximate surface area is 135 Å². The van der Waals surface area contributed by atoms with Gasteiger partial charge in [0, 0.05) is 18.3 Å². The highest BCUT2D eigenvalue weighted by molar-refractivity contribution is 6.06. The normalized spacial score (nSPS) is 16.0. The minimum absolute atomic E-state index is 0.0263. The molecule has 1 aliphatic rings. The molecule has 0 bridgehead atoms. The number of aryl methyl sites for hydroxylation is 1. The van der Waals surface area contributed by atoms with Crippen LogP contribution >= 0.6 is 0 Å². The zero-order valence-corrected chi connectivity index (χ0v) is 13.8. The molecule has 0 radical (unpaired) electrons. The Hall–Kier alpha value is -1.95.